The van der Waals surface area contributed by atoms with E-state index in [0.717, 1.165) is 55.7 Å². The second kappa shape index (κ2) is 6.13. The minimum atomic E-state index is 0.513. The number of H-pyrrole nitrogens is 1. The van der Waals surface area contributed by atoms with E-state index < -0.39 is 0 Å². The Labute approximate surface area is 146 Å². The van der Waals surface area contributed by atoms with Crippen LogP contribution >= 0.6 is 0 Å². The summed E-state index contributed by atoms with van der Waals surface area (Å²) < 4.78 is 2.41. The second-order valence-electron chi connectivity index (χ2n) is 7.14. The molecule has 0 bridgehead atoms. The smallest absolute Gasteiger partial charge is 0.142 e. The monoisotopic (exact) mass is 337 g/mol. The lowest BCUT2D eigenvalue weighted by atomic mass is 9.95. The van der Waals surface area contributed by atoms with Crippen LogP contribution < -0.4 is 4.90 Å². The van der Waals surface area contributed by atoms with Gasteiger partial charge in [0.15, 0.2) is 0 Å². The van der Waals surface area contributed by atoms with E-state index in [1.165, 1.54) is 30.9 Å². The Balaban J connectivity index is 1.35. The van der Waals surface area contributed by atoms with E-state index in [2.05, 4.69) is 40.7 Å². The van der Waals surface area contributed by atoms with Crippen molar-refractivity contribution >= 4 is 16.9 Å². The number of aryl methyl sites for hydroxylation is 1. The standard InChI is InChI=1S/C18H23N7/c1-2-4-15-22-23-17(25(15)9-3-1)13-6-10-24(11-7-13)18-14-5-8-19-16(14)20-12-21-18/h5,8,12-13H,1-4,6-7,9-11H2,(H,19,20,21). The molecule has 0 saturated carbocycles. The molecular formula is C18H23N7. The predicted molar refractivity (Wildman–Crippen MR) is 95.7 cm³/mol. The third kappa shape index (κ3) is 2.58. The molecule has 2 aliphatic rings. The van der Waals surface area contributed by atoms with Crippen molar-refractivity contribution in [1.29, 1.82) is 0 Å². The first-order valence-electron chi connectivity index (χ1n) is 9.35. The molecule has 130 valence electrons. The van der Waals surface area contributed by atoms with E-state index in [1.807, 2.05) is 6.20 Å². The maximum absolute atomic E-state index is 4.57. The topological polar surface area (TPSA) is 75.5 Å². The SMILES string of the molecule is c1nc(N2CCC(c3nnc4n3CCCCC4)CC2)c2cc[nH]c2n1. The Bertz CT molecular complexity index is 873. The third-order valence-electron chi connectivity index (χ3n) is 5.63. The molecule has 0 aliphatic carbocycles. The molecule has 1 fully saturated rings. The minimum absolute atomic E-state index is 0.513. The van der Waals surface area contributed by atoms with Gasteiger partial charge >= 0.3 is 0 Å². The van der Waals surface area contributed by atoms with Gasteiger partial charge in [0.05, 0.1) is 5.39 Å². The van der Waals surface area contributed by atoms with Gasteiger partial charge in [-0.1, -0.05) is 6.42 Å². The molecule has 3 aromatic rings. The van der Waals surface area contributed by atoms with Crippen molar-refractivity contribution in [2.24, 2.45) is 0 Å². The summed E-state index contributed by atoms with van der Waals surface area (Å²) in [5, 5.41) is 10.2. The highest BCUT2D eigenvalue weighted by Gasteiger charge is 2.27. The normalized spacial score (nSPS) is 19.1. The van der Waals surface area contributed by atoms with E-state index >= 15 is 0 Å². The van der Waals surface area contributed by atoms with Crippen LogP contribution in [0.2, 0.25) is 0 Å². The quantitative estimate of drug-likeness (QED) is 0.778. The second-order valence-corrected chi connectivity index (χ2v) is 7.14. The molecular weight excluding hydrogens is 314 g/mol. The Kier molecular flexibility index (Phi) is 3.64. The number of nitrogens with one attached hydrogen (secondary N) is 1. The summed E-state index contributed by atoms with van der Waals surface area (Å²) in [5.41, 5.74) is 0.912. The van der Waals surface area contributed by atoms with Crippen molar-refractivity contribution in [2.75, 3.05) is 18.0 Å². The van der Waals surface area contributed by atoms with Crippen LogP contribution in [0.3, 0.4) is 0 Å². The Morgan fingerprint density at radius 1 is 1.00 bits per heavy atom. The van der Waals surface area contributed by atoms with Gasteiger partial charge < -0.3 is 14.5 Å². The van der Waals surface area contributed by atoms with Gasteiger partial charge in [-0.15, -0.1) is 10.2 Å². The zero-order chi connectivity index (χ0) is 16.6. The number of aromatic amines is 1. The van der Waals surface area contributed by atoms with Crippen LogP contribution in [0.5, 0.6) is 0 Å². The van der Waals surface area contributed by atoms with Crippen LogP contribution in [0.4, 0.5) is 5.82 Å². The summed E-state index contributed by atoms with van der Waals surface area (Å²) in [6.07, 6.45) is 10.7. The number of aromatic nitrogens is 6. The molecule has 3 aromatic heterocycles. The molecule has 25 heavy (non-hydrogen) atoms. The molecule has 0 aromatic carbocycles. The lowest BCUT2D eigenvalue weighted by molar-refractivity contribution is 0.459. The number of fused-ring (bicyclic) bond motifs is 2. The highest BCUT2D eigenvalue weighted by Crippen LogP contribution is 2.32. The fourth-order valence-corrected chi connectivity index (χ4v) is 4.27. The van der Waals surface area contributed by atoms with Crippen molar-refractivity contribution in [3.63, 3.8) is 0 Å². The number of rotatable bonds is 2. The van der Waals surface area contributed by atoms with Gasteiger partial charge in [0, 0.05) is 38.2 Å². The summed E-state index contributed by atoms with van der Waals surface area (Å²) in [5.74, 6) is 3.97. The zero-order valence-corrected chi connectivity index (χ0v) is 14.4. The highest BCUT2D eigenvalue weighted by atomic mass is 15.3. The number of nitrogens with zero attached hydrogens (tertiary/aromatic N) is 6. The van der Waals surface area contributed by atoms with Gasteiger partial charge in [-0.2, -0.15) is 0 Å². The van der Waals surface area contributed by atoms with Gasteiger partial charge in [0.1, 0.15) is 29.4 Å². The van der Waals surface area contributed by atoms with Crippen LogP contribution in [0.15, 0.2) is 18.6 Å². The highest BCUT2D eigenvalue weighted by molar-refractivity contribution is 5.87. The summed E-state index contributed by atoms with van der Waals surface area (Å²) in [7, 11) is 0. The van der Waals surface area contributed by atoms with Gasteiger partial charge in [0.2, 0.25) is 0 Å². The number of hydrogen-bond acceptors (Lipinski definition) is 5. The number of hydrogen-bond donors (Lipinski definition) is 1. The number of piperidine rings is 1. The molecule has 0 radical (unpaired) electrons. The fraction of sp³-hybridized carbons (Fsp3) is 0.556. The van der Waals surface area contributed by atoms with E-state index in [-0.39, 0.29) is 0 Å². The van der Waals surface area contributed by atoms with Crippen LogP contribution in [0.25, 0.3) is 11.0 Å². The molecule has 5 heterocycles. The molecule has 0 spiro atoms. The molecule has 7 heteroatoms. The van der Waals surface area contributed by atoms with Gasteiger partial charge in [-0.05, 0) is 31.7 Å². The van der Waals surface area contributed by atoms with Crippen molar-refractivity contribution in [3.8, 4) is 0 Å². The first-order valence-corrected chi connectivity index (χ1v) is 9.35. The van der Waals surface area contributed by atoms with Gasteiger partial charge in [0.25, 0.3) is 0 Å². The maximum atomic E-state index is 4.57. The van der Waals surface area contributed by atoms with E-state index in [4.69, 9.17) is 0 Å². The van der Waals surface area contributed by atoms with Crippen molar-refractivity contribution < 1.29 is 0 Å². The summed E-state index contributed by atoms with van der Waals surface area (Å²) in [6, 6.07) is 2.06. The minimum Gasteiger partial charge on any atom is -0.356 e. The first kappa shape index (κ1) is 14.9. The lowest BCUT2D eigenvalue weighted by Gasteiger charge is -2.32. The molecule has 5 rings (SSSR count). The van der Waals surface area contributed by atoms with Crippen LogP contribution in [0, 0.1) is 0 Å². The molecule has 0 atom stereocenters. The lowest BCUT2D eigenvalue weighted by Crippen LogP contribution is -2.34. The Morgan fingerprint density at radius 2 is 1.92 bits per heavy atom. The largest absolute Gasteiger partial charge is 0.356 e. The van der Waals surface area contributed by atoms with Crippen molar-refractivity contribution in [2.45, 2.75) is 51.0 Å². The fourth-order valence-electron chi connectivity index (χ4n) is 4.27. The third-order valence-corrected chi connectivity index (χ3v) is 5.63. The number of anilines is 1. The molecule has 1 N–H and O–H groups in total. The molecule has 2 aliphatic heterocycles. The Morgan fingerprint density at radius 3 is 2.84 bits per heavy atom. The molecule has 7 nitrogen and oxygen atoms in total. The summed E-state index contributed by atoms with van der Waals surface area (Å²) in [6.45, 7) is 3.10. The first-order chi connectivity index (χ1) is 12.4. The average molecular weight is 337 g/mol. The van der Waals surface area contributed by atoms with Crippen molar-refractivity contribution in [1.82, 2.24) is 29.7 Å². The Hall–Kier alpha value is -2.44. The zero-order valence-electron chi connectivity index (χ0n) is 14.4. The average Bonchev–Trinajstić information content (AvgIpc) is 3.23. The predicted octanol–water partition coefficient (Wildman–Crippen LogP) is 2.66. The summed E-state index contributed by atoms with van der Waals surface area (Å²) >= 11 is 0. The van der Waals surface area contributed by atoms with Crippen LogP contribution in [-0.2, 0) is 13.0 Å². The molecule has 0 amide bonds. The van der Waals surface area contributed by atoms with Gasteiger partial charge in [-0.3, -0.25) is 0 Å². The van der Waals surface area contributed by atoms with E-state index in [1.54, 1.807) is 6.33 Å². The molecule has 0 unspecified atom stereocenters. The van der Waals surface area contributed by atoms with Gasteiger partial charge in [-0.25, -0.2) is 9.97 Å². The van der Waals surface area contributed by atoms with E-state index in [9.17, 15) is 0 Å². The van der Waals surface area contributed by atoms with E-state index in [0.29, 0.717) is 5.92 Å². The van der Waals surface area contributed by atoms with Crippen LogP contribution in [0.1, 0.15) is 49.7 Å². The molecule has 1 saturated heterocycles. The maximum Gasteiger partial charge on any atom is 0.142 e. The van der Waals surface area contributed by atoms with Crippen LogP contribution in [-0.4, -0.2) is 42.8 Å². The van der Waals surface area contributed by atoms with Crippen molar-refractivity contribution in [3.05, 3.63) is 30.2 Å². The summed E-state index contributed by atoms with van der Waals surface area (Å²) in [4.78, 5) is 14.4.